The van der Waals surface area contributed by atoms with E-state index in [0.717, 1.165) is 4.68 Å². The quantitative estimate of drug-likeness (QED) is 0.554. The second kappa shape index (κ2) is 2.95. The Morgan fingerprint density at radius 1 is 1.90 bits per heavy atom. The fourth-order valence-electron chi connectivity index (χ4n) is 0.459. The summed E-state index contributed by atoms with van der Waals surface area (Å²) >= 11 is 0. The molecule has 53 valence electrons. The van der Waals surface area contributed by atoms with Crippen LogP contribution in [-0.2, 0) is 4.74 Å². The summed E-state index contributed by atoms with van der Waals surface area (Å²) in [4.78, 5) is 10.7. The molecule has 0 bridgehead atoms. The van der Waals surface area contributed by atoms with Gasteiger partial charge in [-0.15, -0.1) is 5.10 Å². The van der Waals surface area contributed by atoms with E-state index >= 15 is 0 Å². The van der Waals surface area contributed by atoms with Crippen LogP contribution in [0.1, 0.15) is 6.92 Å². The number of rotatable bonds is 1. The molecule has 1 aromatic rings. The number of ether oxygens (including phenoxy) is 1. The third-order valence-electron chi connectivity index (χ3n) is 0.834. The van der Waals surface area contributed by atoms with Crippen molar-refractivity contribution in [2.24, 2.45) is 0 Å². The highest BCUT2D eigenvalue weighted by atomic mass is 16.6. The number of hydrogen-bond acceptors (Lipinski definition) is 4. The third-order valence-corrected chi connectivity index (χ3v) is 0.834. The molecular weight excluding hydrogens is 134 g/mol. The lowest BCUT2D eigenvalue weighted by atomic mass is 10.8. The van der Waals surface area contributed by atoms with Gasteiger partial charge in [-0.2, -0.15) is 4.68 Å². The summed E-state index contributed by atoms with van der Waals surface area (Å²) in [5, 5.41) is 6.68. The van der Waals surface area contributed by atoms with Gasteiger partial charge in [-0.25, -0.2) is 4.79 Å². The van der Waals surface area contributed by atoms with Gasteiger partial charge >= 0.3 is 6.09 Å². The summed E-state index contributed by atoms with van der Waals surface area (Å²) in [5.41, 5.74) is 0. The van der Waals surface area contributed by atoms with Crippen LogP contribution in [0.2, 0.25) is 0 Å². The van der Waals surface area contributed by atoms with E-state index in [-0.39, 0.29) is 0 Å². The molecule has 0 spiro atoms. The molecule has 1 heterocycles. The number of carbonyl (C=O) groups excluding carboxylic acids is 1. The van der Waals surface area contributed by atoms with Crippen molar-refractivity contribution in [3.05, 3.63) is 12.4 Å². The minimum Gasteiger partial charge on any atom is -0.448 e. The van der Waals surface area contributed by atoms with Gasteiger partial charge in [0.15, 0.2) is 0 Å². The number of hydrogen-bond donors (Lipinski definition) is 0. The molecule has 0 saturated heterocycles. The average molecular weight is 140 g/mol. The molecule has 1 radical (unpaired) electrons. The Morgan fingerprint density at radius 3 is 3.20 bits per heavy atom. The van der Waals surface area contributed by atoms with Crippen molar-refractivity contribution >= 4 is 6.09 Å². The van der Waals surface area contributed by atoms with Gasteiger partial charge < -0.3 is 4.74 Å². The van der Waals surface area contributed by atoms with E-state index in [4.69, 9.17) is 0 Å². The first-order valence-corrected chi connectivity index (χ1v) is 2.80. The molecule has 0 atom stereocenters. The van der Waals surface area contributed by atoms with Crippen molar-refractivity contribution in [2.75, 3.05) is 6.61 Å². The molecule has 0 aliphatic carbocycles. The summed E-state index contributed by atoms with van der Waals surface area (Å²) < 4.78 is 5.56. The molecule has 0 aliphatic rings. The van der Waals surface area contributed by atoms with Crippen LogP contribution >= 0.6 is 0 Å². The fraction of sp³-hybridized carbons (Fsp3) is 0.400. The van der Waals surface area contributed by atoms with Gasteiger partial charge in [0.2, 0.25) is 0 Å². The molecule has 0 amide bonds. The molecule has 1 rings (SSSR count). The standard InChI is InChI=1S/C5H6N3O2/c1-2-10-5(9)8-4-3-6-7-8/h4H,2H2,1H3. The SMILES string of the molecule is CCOC(=O)n1c[c]nn1. The van der Waals surface area contributed by atoms with Crippen molar-refractivity contribution in [3.63, 3.8) is 0 Å². The van der Waals surface area contributed by atoms with Gasteiger partial charge in [-0.05, 0) is 6.92 Å². The molecule has 0 aromatic carbocycles. The summed E-state index contributed by atoms with van der Waals surface area (Å²) in [6.45, 7) is 2.05. The van der Waals surface area contributed by atoms with E-state index < -0.39 is 6.09 Å². The summed E-state index contributed by atoms with van der Waals surface area (Å²) in [6.07, 6.45) is 3.14. The largest absolute Gasteiger partial charge is 0.448 e. The molecule has 0 saturated carbocycles. The highest BCUT2D eigenvalue weighted by Crippen LogP contribution is 1.84. The van der Waals surface area contributed by atoms with E-state index in [2.05, 4.69) is 21.2 Å². The van der Waals surface area contributed by atoms with E-state index in [9.17, 15) is 4.79 Å². The highest BCUT2D eigenvalue weighted by Gasteiger charge is 2.02. The zero-order valence-corrected chi connectivity index (χ0v) is 5.44. The Labute approximate surface area is 57.6 Å². The van der Waals surface area contributed by atoms with Crippen LogP contribution in [0.25, 0.3) is 0 Å². The lowest BCUT2D eigenvalue weighted by Gasteiger charge is -1.96. The second-order valence-corrected chi connectivity index (χ2v) is 1.49. The molecule has 0 fully saturated rings. The molecular formula is C5H6N3O2. The van der Waals surface area contributed by atoms with Gasteiger partial charge in [0.05, 0.1) is 12.8 Å². The Morgan fingerprint density at radius 2 is 2.70 bits per heavy atom. The first kappa shape index (κ1) is 6.73. The summed E-state index contributed by atoms with van der Waals surface area (Å²) in [5.74, 6) is 0. The van der Waals surface area contributed by atoms with Crippen LogP contribution in [0.4, 0.5) is 4.79 Å². The maximum atomic E-state index is 10.7. The van der Waals surface area contributed by atoms with Gasteiger partial charge in [-0.3, -0.25) is 0 Å². The van der Waals surface area contributed by atoms with Crippen molar-refractivity contribution in [1.29, 1.82) is 0 Å². The molecule has 0 unspecified atom stereocenters. The minimum atomic E-state index is -0.531. The fourth-order valence-corrected chi connectivity index (χ4v) is 0.459. The van der Waals surface area contributed by atoms with Crippen LogP contribution in [0.15, 0.2) is 6.20 Å². The van der Waals surface area contributed by atoms with E-state index in [0.29, 0.717) is 6.61 Å². The normalized spacial score (nSPS) is 9.30. The highest BCUT2D eigenvalue weighted by molar-refractivity contribution is 5.68. The predicted molar refractivity (Wildman–Crippen MR) is 31.3 cm³/mol. The predicted octanol–water partition coefficient (Wildman–Crippen LogP) is 0.0829. The second-order valence-electron chi connectivity index (χ2n) is 1.49. The summed E-state index contributed by atoms with van der Waals surface area (Å²) in [6, 6.07) is 0. The van der Waals surface area contributed by atoms with Gasteiger partial charge in [0, 0.05) is 0 Å². The average Bonchev–Trinajstić information content (AvgIpc) is 2.38. The van der Waals surface area contributed by atoms with Crippen LogP contribution < -0.4 is 0 Å². The zero-order valence-electron chi connectivity index (χ0n) is 5.44. The Hall–Kier alpha value is -1.39. The van der Waals surface area contributed by atoms with Gasteiger partial charge in [-0.1, -0.05) is 5.21 Å². The molecule has 0 aliphatic heterocycles. The minimum absolute atomic E-state index is 0.332. The first-order chi connectivity index (χ1) is 4.84. The third kappa shape index (κ3) is 1.31. The van der Waals surface area contributed by atoms with Crippen molar-refractivity contribution in [1.82, 2.24) is 15.0 Å². The van der Waals surface area contributed by atoms with E-state index in [1.165, 1.54) is 6.20 Å². The lowest BCUT2D eigenvalue weighted by Crippen LogP contribution is -2.13. The number of nitrogens with zero attached hydrogens (tertiary/aromatic N) is 3. The van der Waals surface area contributed by atoms with Gasteiger partial charge in [0.1, 0.15) is 6.20 Å². The molecule has 5 heteroatoms. The summed E-state index contributed by atoms with van der Waals surface area (Å²) in [7, 11) is 0. The lowest BCUT2D eigenvalue weighted by molar-refractivity contribution is 0.150. The first-order valence-electron chi connectivity index (χ1n) is 2.80. The molecule has 10 heavy (non-hydrogen) atoms. The molecule has 1 aromatic heterocycles. The number of carbonyl (C=O) groups is 1. The topological polar surface area (TPSA) is 57.0 Å². The maximum Gasteiger partial charge on any atom is 0.436 e. The van der Waals surface area contributed by atoms with E-state index in [1.54, 1.807) is 6.92 Å². The maximum absolute atomic E-state index is 10.7. The van der Waals surface area contributed by atoms with Crippen LogP contribution in [0, 0.1) is 6.20 Å². The van der Waals surface area contributed by atoms with Crippen molar-refractivity contribution in [2.45, 2.75) is 6.92 Å². The Bertz CT molecular complexity index is 207. The zero-order chi connectivity index (χ0) is 7.40. The van der Waals surface area contributed by atoms with Gasteiger partial charge in [0.25, 0.3) is 0 Å². The Kier molecular flexibility index (Phi) is 1.99. The smallest absolute Gasteiger partial charge is 0.436 e. The van der Waals surface area contributed by atoms with Crippen LogP contribution in [0.3, 0.4) is 0 Å². The monoisotopic (exact) mass is 140 g/mol. The van der Waals surface area contributed by atoms with Crippen LogP contribution in [0.5, 0.6) is 0 Å². The van der Waals surface area contributed by atoms with E-state index in [1.807, 2.05) is 0 Å². The Balaban J connectivity index is 2.59. The molecule has 5 nitrogen and oxygen atoms in total. The van der Waals surface area contributed by atoms with Crippen molar-refractivity contribution < 1.29 is 9.53 Å². The number of aromatic nitrogens is 3. The molecule has 0 N–H and O–H groups in total. The van der Waals surface area contributed by atoms with Crippen LogP contribution in [-0.4, -0.2) is 27.7 Å². The van der Waals surface area contributed by atoms with Crippen molar-refractivity contribution in [3.8, 4) is 0 Å².